The van der Waals surface area contributed by atoms with Crippen LogP contribution in [-0.4, -0.2) is 22.5 Å². The van der Waals surface area contributed by atoms with Crippen molar-refractivity contribution in [3.63, 3.8) is 0 Å². The zero-order chi connectivity index (χ0) is 13.3. The highest BCUT2D eigenvalue weighted by atomic mass is 16.1. The Morgan fingerprint density at radius 3 is 2.83 bits per heavy atom. The molecular weight excluding hydrogens is 226 g/mol. The predicted octanol–water partition coefficient (Wildman–Crippen LogP) is 2.65. The fourth-order valence-electron chi connectivity index (χ4n) is 2.86. The molecule has 1 aromatic heterocycles. The fourth-order valence-corrected chi connectivity index (χ4v) is 2.86. The Bertz CT molecular complexity index is 448. The molecule has 0 aliphatic carbocycles. The highest BCUT2D eigenvalue weighted by Crippen LogP contribution is 2.33. The molecule has 18 heavy (non-hydrogen) atoms. The zero-order valence-corrected chi connectivity index (χ0v) is 11.8. The number of hydrogen-bond acceptors (Lipinski definition) is 2. The molecule has 4 nitrogen and oxygen atoms in total. The maximum absolute atomic E-state index is 11.9. The molecule has 1 aromatic rings. The van der Waals surface area contributed by atoms with Gasteiger partial charge in [0.15, 0.2) is 0 Å². The topological polar surface area (TPSA) is 46.9 Å². The van der Waals surface area contributed by atoms with Crippen molar-refractivity contribution >= 4 is 5.91 Å². The number of carbonyl (C=O) groups excluding carboxylic acids is 1. The molecule has 0 saturated heterocycles. The van der Waals surface area contributed by atoms with E-state index >= 15 is 0 Å². The van der Waals surface area contributed by atoms with Gasteiger partial charge in [0, 0.05) is 19.0 Å². The van der Waals surface area contributed by atoms with Crippen molar-refractivity contribution in [1.29, 1.82) is 0 Å². The molecule has 4 heteroatoms. The summed E-state index contributed by atoms with van der Waals surface area (Å²) < 4.78 is 2.33. The molecular formula is C14H23N3O. The first-order valence-corrected chi connectivity index (χ1v) is 6.93. The second-order valence-electron chi connectivity index (χ2n) is 5.32. The van der Waals surface area contributed by atoms with Gasteiger partial charge in [0.1, 0.15) is 11.5 Å². The maximum Gasteiger partial charge on any atom is 0.271 e. The number of fused-ring (bicyclic) bond motifs is 1. The largest absolute Gasteiger partial charge is 0.354 e. The molecule has 0 fully saturated rings. The third kappa shape index (κ3) is 2.04. The fraction of sp³-hybridized carbons (Fsp3) is 0.714. The van der Waals surface area contributed by atoms with Crippen molar-refractivity contribution in [3.8, 4) is 0 Å². The lowest BCUT2D eigenvalue weighted by Gasteiger charge is -2.27. The summed E-state index contributed by atoms with van der Waals surface area (Å²) in [5.41, 5.74) is 1.77. The van der Waals surface area contributed by atoms with E-state index in [1.807, 2.05) is 0 Å². The minimum absolute atomic E-state index is 0.0533. The summed E-state index contributed by atoms with van der Waals surface area (Å²) in [5, 5.41) is 2.70. The van der Waals surface area contributed by atoms with Crippen LogP contribution in [0.5, 0.6) is 0 Å². The lowest BCUT2D eigenvalue weighted by molar-refractivity contribution is 0.0957. The quantitative estimate of drug-likeness (QED) is 0.895. The van der Waals surface area contributed by atoms with Gasteiger partial charge in [0.25, 0.3) is 5.91 Å². The number of imidazole rings is 1. The summed E-state index contributed by atoms with van der Waals surface area (Å²) in [6.45, 7) is 6.50. The second kappa shape index (κ2) is 5.12. The standard InChI is InChI=1S/C14H23N3O/c1-5-10-7-6-8-11-12(14(18)15-4)16-13(9(2)3)17(10)11/h9-10H,5-8H2,1-4H3,(H,15,18). The summed E-state index contributed by atoms with van der Waals surface area (Å²) >= 11 is 0. The third-order valence-electron chi connectivity index (χ3n) is 3.78. The molecule has 0 radical (unpaired) electrons. The average molecular weight is 249 g/mol. The van der Waals surface area contributed by atoms with Crippen LogP contribution in [0.25, 0.3) is 0 Å². The van der Waals surface area contributed by atoms with E-state index in [1.54, 1.807) is 7.05 Å². The molecule has 2 heterocycles. The highest BCUT2D eigenvalue weighted by molar-refractivity contribution is 5.93. The van der Waals surface area contributed by atoms with Crippen LogP contribution < -0.4 is 5.32 Å². The lowest BCUT2D eigenvalue weighted by atomic mass is 9.98. The van der Waals surface area contributed by atoms with E-state index in [9.17, 15) is 4.79 Å². The van der Waals surface area contributed by atoms with Gasteiger partial charge in [-0.05, 0) is 25.7 Å². The molecule has 2 rings (SSSR count). The second-order valence-corrected chi connectivity index (χ2v) is 5.32. The van der Waals surface area contributed by atoms with Crippen LogP contribution in [0.4, 0.5) is 0 Å². The molecule has 1 unspecified atom stereocenters. The maximum atomic E-state index is 11.9. The van der Waals surface area contributed by atoms with E-state index in [2.05, 4.69) is 35.6 Å². The van der Waals surface area contributed by atoms with E-state index in [1.165, 1.54) is 6.42 Å². The lowest BCUT2D eigenvalue weighted by Crippen LogP contribution is -2.23. The molecule has 1 atom stereocenters. The molecule has 1 N–H and O–H groups in total. The molecule has 100 valence electrons. The van der Waals surface area contributed by atoms with Gasteiger partial charge < -0.3 is 9.88 Å². The van der Waals surface area contributed by atoms with E-state index in [-0.39, 0.29) is 5.91 Å². The summed E-state index contributed by atoms with van der Waals surface area (Å²) in [6, 6.07) is 0.511. The molecule has 1 amide bonds. The molecule has 0 bridgehead atoms. The molecule has 1 aliphatic rings. The van der Waals surface area contributed by atoms with Crippen LogP contribution in [-0.2, 0) is 6.42 Å². The van der Waals surface area contributed by atoms with Crippen LogP contribution in [0.1, 0.15) is 74.0 Å². The van der Waals surface area contributed by atoms with E-state index in [4.69, 9.17) is 0 Å². The first kappa shape index (κ1) is 13.1. The molecule has 1 aliphatic heterocycles. The van der Waals surface area contributed by atoms with Gasteiger partial charge in [0.2, 0.25) is 0 Å². The van der Waals surface area contributed by atoms with Crippen LogP contribution in [0.2, 0.25) is 0 Å². The number of nitrogens with zero attached hydrogens (tertiary/aromatic N) is 2. The molecule has 0 spiro atoms. The summed E-state index contributed by atoms with van der Waals surface area (Å²) in [7, 11) is 1.67. The van der Waals surface area contributed by atoms with Gasteiger partial charge in [-0.2, -0.15) is 0 Å². The van der Waals surface area contributed by atoms with Crippen LogP contribution in [0.15, 0.2) is 0 Å². The van der Waals surface area contributed by atoms with Crippen LogP contribution in [0.3, 0.4) is 0 Å². The first-order valence-electron chi connectivity index (χ1n) is 6.93. The average Bonchev–Trinajstić information content (AvgIpc) is 2.77. The van der Waals surface area contributed by atoms with Crippen molar-refractivity contribution < 1.29 is 4.79 Å². The van der Waals surface area contributed by atoms with Gasteiger partial charge >= 0.3 is 0 Å². The Balaban J connectivity index is 2.56. The SMILES string of the molecule is CCC1CCCc2c(C(=O)NC)nc(C(C)C)n21. The summed E-state index contributed by atoms with van der Waals surface area (Å²) in [6.07, 6.45) is 4.44. The van der Waals surface area contributed by atoms with Gasteiger partial charge in [-0.1, -0.05) is 20.8 Å². The van der Waals surface area contributed by atoms with Crippen LogP contribution in [0, 0.1) is 0 Å². The van der Waals surface area contributed by atoms with Gasteiger partial charge in [0.05, 0.1) is 5.69 Å². The third-order valence-corrected chi connectivity index (χ3v) is 3.78. The highest BCUT2D eigenvalue weighted by Gasteiger charge is 2.29. The van der Waals surface area contributed by atoms with E-state index in [0.29, 0.717) is 17.7 Å². The first-order chi connectivity index (χ1) is 8.60. The molecule has 0 saturated carbocycles. The normalized spacial score (nSPS) is 18.8. The number of hydrogen-bond donors (Lipinski definition) is 1. The van der Waals surface area contributed by atoms with Crippen molar-refractivity contribution in [2.75, 3.05) is 7.05 Å². The van der Waals surface area contributed by atoms with Gasteiger partial charge in [-0.15, -0.1) is 0 Å². The number of nitrogens with one attached hydrogen (secondary N) is 1. The number of amides is 1. The van der Waals surface area contributed by atoms with Gasteiger partial charge in [-0.25, -0.2) is 4.98 Å². The minimum Gasteiger partial charge on any atom is -0.354 e. The number of carbonyl (C=O) groups is 1. The summed E-state index contributed by atoms with van der Waals surface area (Å²) in [5.74, 6) is 1.37. The van der Waals surface area contributed by atoms with Crippen molar-refractivity contribution in [3.05, 3.63) is 17.2 Å². The van der Waals surface area contributed by atoms with E-state index in [0.717, 1.165) is 30.8 Å². The van der Waals surface area contributed by atoms with E-state index < -0.39 is 0 Å². The Morgan fingerprint density at radius 2 is 2.28 bits per heavy atom. The Kier molecular flexibility index (Phi) is 3.73. The minimum atomic E-state index is -0.0533. The monoisotopic (exact) mass is 249 g/mol. The van der Waals surface area contributed by atoms with Crippen molar-refractivity contribution in [1.82, 2.24) is 14.9 Å². The predicted molar refractivity (Wildman–Crippen MR) is 72.0 cm³/mol. The van der Waals surface area contributed by atoms with Gasteiger partial charge in [-0.3, -0.25) is 4.79 Å². The Labute approximate surface area is 109 Å². The van der Waals surface area contributed by atoms with Crippen LogP contribution >= 0.6 is 0 Å². The van der Waals surface area contributed by atoms with Crippen molar-refractivity contribution in [2.24, 2.45) is 0 Å². The smallest absolute Gasteiger partial charge is 0.271 e. The number of rotatable bonds is 3. The Hall–Kier alpha value is -1.32. The summed E-state index contributed by atoms with van der Waals surface area (Å²) in [4.78, 5) is 16.5. The Morgan fingerprint density at radius 1 is 1.56 bits per heavy atom. The number of aromatic nitrogens is 2. The zero-order valence-electron chi connectivity index (χ0n) is 11.8. The van der Waals surface area contributed by atoms with Crippen molar-refractivity contribution in [2.45, 2.75) is 58.4 Å². The molecule has 0 aromatic carbocycles.